The first-order valence-corrected chi connectivity index (χ1v) is 7.82. The molecule has 0 aliphatic heterocycles. The summed E-state index contributed by atoms with van der Waals surface area (Å²) in [7, 11) is 0. The molecule has 0 fully saturated rings. The monoisotopic (exact) mass is 317 g/mol. The highest BCUT2D eigenvalue weighted by Gasteiger charge is 2.18. The molecular formula is C20H15NO3. The molecule has 118 valence electrons. The molecule has 0 radical (unpaired) electrons. The SMILES string of the molecule is CCOC(=O)c1cc(-c2c3ccccc3cc3ccccc23)on1. The summed E-state index contributed by atoms with van der Waals surface area (Å²) < 4.78 is 10.5. The number of ether oxygens (including phenoxy) is 1. The lowest BCUT2D eigenvalue weighted by Gasteiger charge is -2.08. The van der Waals surface area contributed by atoms with Crippen molar-refractivity contribution in [2.45, 2.75) is 6.92 Å². The molecule has 0 saturated carbocycles. The molecule has 0 unspecified atom stereocenters. The predicted octanol–water partition coefficient (Wildman–Crippen LogP) is 4.82. The molecule has 4 aromatic rings. The van der Waals surface area contributed by atoms with Crippen molar-refractivity contribution in [2.75, 3.05) is 6.61 Å². The van der Waals surface area contributed by atoms with Crippen LogP contribution in [-0.4, -0.2) is 17.7 Å². The lowest BCUT2D eigenvalue weighted by atomic mass is 9.95. The van der Waals surface area contributed by atoms with E-state index in [4.69, 9.17) is 9.26 Å². The van der Waals surface area contributed by atoms with E-state index in [0.29, 0.717) is 12.4 Å². The number of aromatic nitrogens is 1. The van der Waals surface area contributed by atoms with Gasteiger partial charge in [-0.05, 0) is 34.5 Å². The van der Waals surface area contributed by atoms with E-state index in [1.165, 1.54) is 0 Å². The Kier molecular flexibility index (Phi) is 3.50. The Morgan fingerprint density at radius 3 is 2.25 bits per heavy atom. The highest BCUT2D eigenvalue weighted by molar-refractivity contribution is 6.12. The van der Waals surface area contributed by atoms with E-state index in [2.05, 4.69) is 23.4 Å². The van der Waals surface area contributed by atoms with E-state index in [-0.39, 0.29) is 5.69 Å². The van der Waals surface area contributed by atoms with Crippen molar-refractivity contribution in [3.05, 3.63) is 66.4 Å². The molecule has 0 amide bonds. The Hall–Kier alpha value is -3.14. The smallest absolute Gasteiger partial charge is 0.360 e. The van der Waals surface area contributed by atoms with Gasteiger partial charge in [-0.25, -0.2) is 4.79 Å². The summed E-state index contributed by atoms with van der Waals surface area (Å²) in [5, 5.41) is 8.21. The van der Waals surface area contributed by atoms with Gasteiger partial charge >= 0.3 is 5.97 Å². The molecule has 0 aliphatic carbocycles. The number of carbonyl (C=O) groups excluding carboxylic acids is 1. The van der Waals surface area contributed by atoms with E-state index in [1.54, 1.807) is 13.0 Å². The van der Waals surface area contributed by atoms with Gasteiger partial charge in [0.2, 0.25) is 0 Å². The third-order valence-corrected chi connectivity index (χ3v) is 4.01. The van der Waals surface area contributed by atoms with Crippen LogP contribution in [0.1, 0.15) is 17.4 Å². The molecule has 4 rings (SSSR count). The van der Waals surface area contributed by atoms with E-state index in [9.17, 15) is 4.79 Å². The first-order chi connectivity index (χ1) is 11.8. The summed E-state index contributed by atoms with van der Waals surface area (Å²) in [5.74, 6) is 0.0862. The molecule has 0 N–H and O–H groups in total. The molecule has 4 nitrogen and oxygen atoms in total. The zero-order valence-electron chi connectivity index (χ0n) is 13.2. The molecule has 1 aromatic heterocycles. The van der Waals surface area contributed by atoms with Crippen molar-refractivity contribution in [3.63, 3.8) is 0 Å². The minimum atomic E-state index is -0.475. The number of hydrogen-bond donors (Lipinski definition) is 0. The summed E-state index contributed by atoms with van der Waals surface area (Å²) in [5.41, 5.74) is 1.12. The number of carbonyl (C=O) groups is 1. The van der Waals surface area contributed by atoms with E-state index >= 15 is 0 Å². The van der Waals surface area contributed by atoms with Crippen LogP contribution >= 0.6 is 0 Å². The van der Waals surface area contributed by atoms with Gasteiger partial charge in [-0.15, -0.1) is 0 Å². The van der Waals surface area contributed by atoms with Gasteiger partial charge in [0.05, 0.1) is 6.61 Å². The third-order valence-electron chi connectivity index (χ3n) is 4.01. The van der Waals surface area contributed by atoms with Crippen molar-refractivity contribution >= 4 is 27.5 Å². The van der Waals surface area contributed by atoms with Crippen LogP contribution in [0.5, 0.6) is 0 Å². The van der Waals surface area contributed by atoms with Crippen LogP contribution in [0.2, 0.25) is 0 Å². The normalized spacial score (nSPS) is 11.0. The van der Waals surface area contributed by atoms with Gasteiger partial charge in [0.25, 0.3) is 0 Å². The van der Waals surface area contributed by atoms with Gasteiger partial charge in [0, 0.05) is 11.6 Å². The Labute approximate surface area is 138 Å². The van der Waals surface area contributed by atoms with Crippen LogP contribution in [0.25, 0.3) is 32.9 Å². The summed E-state index contributed by atoms with van der Waals surface area (Å²) in [6, 6.07) is 20.0. The van der Waals surface area contributed by atoms with Crippen molar-refractivity contribution in [2.24, 2.45) is 0 Å². The molecule has 0 atom stereocenters. The minimum Gasteiger partial charge on any atom is -0.461 e. The molecule has 0 bridgehead atoms. The van der Waals surface area contributed by atoms with E-state index < -0.39 is 5.97 Å². The number of rotatable bonds is 3. The maximum Gasteiger partial charge on any atom is 0.360 e. The molecule has 0 spiro atoms. The lowest BCUT2D eigenvalue weighted by Crippen LogP contribution is -2.04. The maximum atomic E-state index is 11.9. The molecule has 1 heterocycles. The second-order valence-electron chi connectivity index (χ2n) is 5.49. The first-order valence-electron chi connectivity index (χ1n) is 7.82. The standard InChI is InChI=1S/C20H15NO3/c1-2-23-20(22)17-12-18(24-21-17)19-15-9-5-3-7-13(15)11-14-8-4-6-10-16(14)19/h3-12H,2H2,1H3. The van der Waals surface area contributed by atoms with Crippen LogP contribution in [0, 0.1) is 0 Å². The quantitative estimate of drug-likeness (QED) is 0.401. The highest BCUT2D eigenvalue weighted by atomic mass is 16.5. The van der Waals surface area contributed by atoms with Gasteiger partial charge < -0.3 is 9.26 Å². The van der Waals surface area contributed by atoms with Crippen LogP contribution in [0.4, 0.5) is 0 Å². The Morgan fingerprint density at radius 2 is 1.62 bits per heavy atom. The van der Waals surface area contributed by atoms with Gasteiger partial charge in [0.15, 0.2) is 11.5 Å². The van der Waals surface area contributed by atoms with Gasteiger partial charge in [-0.1, -0.05) is 53.7 Å². The summed E-state index contributed by atoms with van der Waals surface area (Å²) >= 11 is 0. The minimum absolute atomic E-state index is 0.184. The van der Waals surface area contributed by atoms with E-state index in [0.717, 1.165) is 27.1 Å². The fourth-order valence-electron chi connectivity index (χ4n) is 2.97. The molecular weight excluding hydrogens is 302 g/mol. The van der Waals surface area contributed by atoms with Crippen molar-refractivity contribution in [1.82, 2.24) is 5.16 Å². The largest absolute Gasteiger partial charge is 0.461 e. The fraction of sp³-hybridized carbons (Fsp3) is 0.100. The molecule has 0 saturated heterocycles. The van der Waals surface area contributed by atoms with Crippen molar-refractivity contribution in [3.8, 4) is 11.3 Å². The van der Waals surface area contributed by atoms with Gasteiger partial charge in [-0.3, -0.25) is 0 Å². The highest BCUT2D eigenvalue weighted by Crippen LogP contribution is 2.36. The average Bonchev–Trinajstić information content (AvgIpc) is 3.09. The van der Waals surface area contributed by atoms with Crippen LogP contribution in [-0.2, 0) is 4.74 Å². The average molecular weight is 317 g/mol. The number of benzene rings is 3. The number of esters is 1. The summed E-state index contributed by atoms with van der Waals surface area (Å²) in [6.07, 6.45) is 0. The predicted molar refractivity (Wildman–Crippen MR) is 92.9 cm³/mol. The Morgan fingerprint density at radius 1 is 1.00 bits per heavy atom. The second kappa shape index (κ2) is 5.81. The third kappa shape index (κ3) is 2.33. The zero-order valence-corrected chi connectivity index (χ0v) is 13.2. The Bertz CT molecular complexity index is 995. The molecule has 24 heavy (non-hydrogen) atoms. The maximum absolute atomic E-state index is 11.9. The van der Waals surface area contributed by atoms with Crippen LogP contribution in [0.15, 0.2) is 65.2 Å². The fourth-order valence-corrected chi connectivity index (χ4v) is 2.97. The second-order valence-corrected chi connectivity index (χ2v) is 5.49. The number of hydrogen-bond acceptors (Lipinski definition) is 4. The van der Waals surface area contributed by atoms with Gasteiger partial charge in [0.1, 0.15) is 0 Å². The zero-order chi connectivity index (χ0) is 16.5. The summed E-state index contributed by atoms with van der Waals surface area (Å²) in [4.78, 5) is 11.9. The number of fused-ring (bicyclic) bond motifs is 2. The first kappa shape index (κ1) is 14.5. The van der Waals surface area contributed by atoms with Crippen LogP contribution in [0.3, 0.4) is 0 Å². The number of nitrogens with zero attached hydrogens (tertiary/aromatic N) is 1. The molecule has 3 aromatic carbocycles. The van der Waals surface area contributed by atoms with Crippen LogP contribution < -0.4 is 0 Å². The molecule has 0 aliphatic rings. The van der Waals surface area contributed by atoms with Gasteiger partial charge in [-0.2, -0.15) is 0 Å². The Balaban J connectivity index is 1.99. The topological polar surface area (TPSA) is 52.3 Å². The van der Waals surface area contributed by atoms with E-state index in [1.807, 2.05) is 36.4 Å². The van der Waals surface area contributed by atoms with Crippen molar-refractivity contribution < 1.29 is 14.1 Å². The summed E-state index contributed by atoms with van der Waals surface area (Å²) in [6.45, 7) is 2.06. The van der Waals surface area contributed by atoms with Crippen molar-refractivity contribution in [1.29, 1.82) is 0 Å². The lowest BCUT2D eigenvalue weighted by molar-refractivity contribution is 0.0514. The molecule has 4 heteroatoms.